The van der Waals surface area contributed by atoms with E-state index in [1.807, 2.05) is 29.2 Å². The molecule has 148 valence electrons. The van der Waals surface area contributed by atoms with Crippen molar-refractivity contribution < 1.29 is 23.9 Å². The van der Waals surface area contributed by atoms with Crippen LogP contribution in [0, 0.1) is 23.7 Å². The van der Waals surface area contributed by atoms with Gasteiger partial charge in [0.25, 0.3) is 0 Å². The topological polar surface area (TPSA) is 72.9 Å². The van der Waals surface area contributed by atoms with E-state index in [9.17, 15) is 14.4 Å². The molecule has 0 N–H and O–H groups in total. The number of amides is 1. The summed E-state index contributed by atoms with van der Waals surface area (Å²) in [7, 11) is 1.41. The SMILES string of the molecule is COC(=O)C1CCN(C(=O)[C@@H]2[C@@H]3CC[C@]4(CC(=O)c5ccccc5O4)[C@@H]32)CC1. The lowest BCUT2D eigenvalue weighted by molar-refractivity contribution is -0.149. The summed E-state index contributed by atoms with van der Waals surface area (Å²) in [5.41, 5.74) is 0.144. The average Bonchev–Trinajstić information content (AvgIpc) is 3.37. The summed E-state index contributed by atoms with van der Waals surface area (Å²) in [5, 5.41) is 0. The first-order valence-electron chi connectivity index (χ1n) is 10.2. The number of Topliss-reactive ketones (excluding diaryl/α,β-unsaturated/α-hetero) is 1. The number of carbonyl (C=O) groups is 3. The van der Waals surface area contributed by atoms with Crippen LogP contribution in [0.1, 0.15) is 42.5 Å². The molecule has 28 heavy (non-hydrogen) atoms. The van der Waals surface area contributed by atoms with Gasteiger partial charge in [-0.3, -0.25) is 14.4 Å². The van der Waals surface area contributed by atoms with Gasteiger partial charge in [0.2, 0.25) is 5.91 Å². The van der Waals surface area contributed by atoms with Crippen molar-refractivity contribution in [3.63, 3.8) is 0 Å². The number of hydrogen-bond acceptors (Lipinski definition) is 5. The molecule has 0 unspecified atom stereocenters. The fraction of sp³-hybridized carbons (Fsp3) is 0.591. The van der Waals surface area contributed by atoms with Crippen LogP contribution >= 0.6 is 0 Å². The van der Waals surface area contributed by atoms with Crippen LogP contribution in [0.25, 0.3) is 0 Å². The van der Waals surface area contributed by atoms with E-state index in [4.69, 9.17) is 9.47 Å². The summed E-state index contributed by atoms with van der Waals surface area (Å²) in [5.74, 6) is 1.10. The van der Waals surface area contributed by atoms with E-state index in [0.717, 1.165) is 12.8 Å². The third-order valence-corrected chi connectivity index (χ3v) is 7.26. The molecule has 6 nitrogen and oxygen atoms in total. The number of para-hydroxylation sites is 1. The number of rotatable bonds is 2. The molecule has 6 heteroatoms. The van der Waals surface area contributed by atoms with Gasteiger partial charge in [0, 0.05) is 24.9 Å². The Labute approximate surface area is 164 Å². The fourth-order valence-electron chi connectivity index (χ4n) is 5.81. The predicted octanol–water partition coefficient (Wildman–Crippen LogP) is 2.46. The maximum absolute atomic E-state index is 13.1. The first-order chi connectivity index (χ1) is 13.5. The Bertz CT molecular complexity index is 843. The summed E-state index contributed by atoms with van der Waals surface area (Å²) in [6.07, 6.45) is 3.48. The molecule has 2 heterocycles. The third kappa shape index (κ3) is 2.57. The quantitative estimate of drug-likeness (QED) is 0.734. The van der Waals surface area contributed by atoms with E-state index in [1.54, 1.807) is 0 Å². The molecule has 1 spiro atoms. The van der Waals surface area contributed by atoms with Crippen LogP contribution in [-0.4, -0.2) is 48.4 Å². The monoisotopic (exact) mass is 383 g/mol. The number of fused-ring (bicyclic) bond motifs is 3. The summed E-state index contributed by atoms with van der Waals surface area (Å²) in [6.45, 7) is 1.20. The van der Waals surface area contributed by atoms with Gasteiger partial charge in [-0.05, 0) is 43.7 Å². The van der Waals surface area contributed by atoms with Crippen molar-refractivity contribution in [2.45, 2.75) is 37.7 Å². The number of piperidine rings is 1. The van der Waals surface area contributed by atoms with E-state index in [1.165, 1.54) is 7.11 Å². The van der Waals surface area contributed by atoms with Gasteiger partial charge in [-0.2, -0.15) is 0 Å². The van der Waals surface area contributed by atoms with Crippen molar-refractivity contribution in [3.05, 3.63) is 29.8 Å². The number of carbonyl (C=O) groups excluding carboxylic acids is 3. The maximum atomic E-state index is 13.1. The molecule has 0 bridgehead atoms. The van der Waals surface area contributed by atoms with E-state index in [0.29, 0.717) is 49.6 Å². The number of ketones is 1. The second-order valence-corrected chi connectivity index (χ2v) is 8.64. The van der Waals surface area contributed by atoms with Crippen LogP contribution < -0.4 is 4.74 Å². The van der Waals surface area contributed by atoms with Crippen molar-refractivity contribution in [2.24, 2.45) is 23.7 Å². The first kappa shape index (κ1) is 17.7. The number of nitrogens with zero attached hydrogens (tertiary/aromatic N) is 1. The van der Waals surface area contributed by atoms with E-state index >= 15 is 0 Å². The minimum absolute atomic E-state index is 0.0403. The van der Waals surface area contributed by atoms with Gasteiger partial charge in [0.15, 0.2) is 5.78 Å². The second kappa shape index (κ2) is 6.33. The second-order valence-electron chi connectivity index (χ2n) is 8.64. The Morgan fingerprint density at radius 3 is 2.68 bits per heavy atom. The molecular formula is C22H25NO5. The highest BCUT2D eigenvalue weighted by Gasteiger charge is 2.71. The molecular weight excluding hydrogens is 358 g/mol. The zero-order valence-electron chi connectivity index (χ0n) is 16.1. The zero-order chi connectivity index (χ0) is 19.5. The van der Waals surface area contributed by atoms with Crippen LogP contribution in [0.4, 0.5) is 0 Å². The van der Waals surface area contributed by atoms with Crippen LogP contribution in [0.3, 0.4) is 0 Å². The summed E-state index contributed by atoms with van der Waals surface area (Å²) >= 11 is 0. The number of ether oxygens (including phenoxy) is 2. The lowest BCUT2D eigenvalue weighted by atomic mass is 9.84. The molecule has 1 aromatic carbocycles. The summed E-state index contributed by atoms with van der Waals surface area (Å²) in [4.78, 5) is 39.4. The Kier molecular flexibility index (Phi) is 4.00. The molecule has 2 aliphatic heterocycles. The molecule has 1 aromatic rings. The Balaban J connectivity index is 1.29. The number of esters is 1. The van der Waals surface area contributed by atoms with E-state index in [2.05, 4.69) is 0 Å². The normalized spacial score (nSPS) is 33.8. The van der Waals surface area contributed by atoms with Gasteiger partial charge in [-0.1, -0.05) is 12.1 Å². The van der Waals surface area contributed by atoms with Crippen LogP contribution in [-0.2, 0) is 14.3 Å². The standard InChI is InChI=1S/C22H25NO5/c1-27-21(26)13-7-10-23(11-8-13)20(25)18-15-6-9-22(19(15)18)12-16(24)14-4-2-3-5-17(14)28-22/h2-5,13,15,18-19H,6-12H2,1H3/t15-,18+,19-,22-/m0/s1. The molecule has 4 aliphatic rings. The highest BCUT2D eigenvalue weighted by Crippen LogP contribution is 2.66. The predicted molar refractivity (Wildman–Crippen MR) is 99.8 cm³/mol. The van der Waals surface area contributed by atoms with Crippen molar-refractivity contribution >= 4 is 17.7 Å². The zero-order valence-corrected chi connectivity index (χ0v) is 16.1. The van der Waals surface area contributed by atoms with Gasteiger partial charge in [-0.25, -0.2) is 0 Å². The number of likely N-dealkylation sites (tertiary alicyclic amines) is 1. The van der Waals surface area contributed by atoms with E-state index in [-0.39, 0.29) is 35.4 Å². The lowest BCUT2D eigenvalue weighted by Crippen LogP contribution is -2.46. The Morgan fingerprint density at radius 2 is 1.93 bits per heavy atom. The maximum Gasteiger partial charge on any atom is 0.308 e. The van der Waals surface area contributed by atoms with Gasteiger partial charge in [0.1, 0.15) is 11.4 Å². The van der Waals surface area contributed by atoms with Gasteiger partial charge in [0.05, 0.1) is 25.0 Å². The first-order valence-corrected chi connectivity index (χ1v) is 10.2. The van der Waals surface area contributed by atoms with Crippen molar-refractivity contribution in [1.82, 2.24) is 4.90 Å². The third-order valence-electron chi connectivity index (χ3n) is 7.26. The Morgan fingerprint density at radius 1 is 1.18 bits per heavy atom. The van der Waals surface area contributed by atoms with Crippen molar-refractivity contribution in [3.8, 4) is 5.75 Å². The van der Waals surface area contributed by atoms with Gasteiger partial charge < -0.3 is 14.4 Å². The largest absolute Gasteiger partial charge is 0.486 e. The van der Waals surface area contributed by atoms with Crippen molar-refractivity contribution in [1.29, 1.82) is 0 Å². The summed E-state index contributed by atoms with van der Waals surface area (Å²) in [6, 6.07) is 7.42. The smallest absolute Gasteiger partial charge is 0.308 e. The minimum atomic E-state index is -0.513. The van der Waals surface area contributed by atoms with E-state index < -0.39 is 5.60 Å². The highest BCUT2D eigenvalue weighted by molar-refractivity contribution is 6.00. The molecule has 5 rings (SSSR count). The average molecular weight is 383 g/mol. The molecule has 0 radical (unpaired) electrons. The minimum Gasteiger partial charge on any atom is -0.486 e. The van der Waals surface area contributed by atoms with Crippen LogP contribution in [0.2, 0.25) is 0 Å². The van der Waals surface area contributed by atoms with Crippen LogP contribution in [0.5, 0.6) is 5.75 Å². The number of hydrogen-bond donors (Lipinski definition) is 0. The van der Waals surface area contributed by atoms with Gasteiger partial charge >= 0.3 is 5.97 Å². The number of methoxy groups -OCH3 is 1. The van der Waals surface area contributed by atoms with Crippen molar-refractivity contribution in [2.75, 3.05) is 20.2 Å². The molecule has 0 aromatic heterocycles. The van der Waals surface area contributed by atoms with Gasteiger partial charge in [-0.15, -0.1) is 0 Å². The highest BCUT2D eigenvalue weighted by atomic mass is 16.5. The molecule has 1 saturated heterocycles. The Hall–Kier alpha value is -2.37. The fourth-order valence-corrected chi connectivity index (χ4v) is 5.81. The molecule has 2 aliphatic carbocycles. The molecule has 2 saturated carbocycles. The summed E-state index contributed by atoms with van der Waals surface area (Å²) < 4.78 is 11.2. The van der Waals surface area contributed by atoms with Crippen LogP contribution in [0.15, 0.2) is 24.3 Å². The molecule has 1 amide bonds. The molecule has 4 atom stereocenters. The lowest BCUT2D eigenvalue weighted by Gasteiger charge is -2.38. The molecule has 3 fully saturated rings. The number of benzene rings is 1.